The second kappa shape index (κ2) is 6.53. The molecule has 0 bridgehead atoms. The fourth-order valence-electron chi connectivity index (χ4n) is 2.72. The number of nitrogens with zero attached hydrogens (tertiary/aromatic N) is 2. The minimum absolute atomic E-state index is 0.729. The lowest BCUT2D eigenvalue weighted by Gasteiger charge is -2.31. The molecule has 1 aromatic rings. The van der Waals surface area contributed by atoms with Crippen molar-refractivity contribution in [1.82, 2.24) is 9.88 Å². The van der Waals surface area contributed by atoms with Crippen molar-refractivity contribution < 1.29 is 0 Å². The molecule has 4 heteroatoms. The summed E-state index contributed by atoms with van der Waals surface area (Å²) in [6.07, 6.45) is 4.78. The Labute approximate surface area is 115 Å². The summed E-state index contributed by atoms with van der Waals surface area (Å²) < 4.78 is 0. The monoisotopic (exact) mass is 267 g/mol. The zero-order valence-corrected chi connectivity index (χ0v) is 12.6. The van der Waals surface area contributed by atoms with Gasteiger partial charge in [-0.05, 0) is 38.8 Å². The average Bonchev–Trinajstić information content (AvgIpc) is 2.80. The van der Waals surface area contributed by atoms with Crippen LogP contribution in [0, 0.1) is 0 Å². The number of thiazole rings is 1. The van der Waals surface area contributed by atoms with Gasteiger partial charge in [0.05, 0.1) is 5.69 Å². The molecule has 0 saturated carbocycles. The molecule has 0 aliphatic heterocycles. The molecule has 0 saturated heterocycles. The van der Waals surface area contributed by atoms with E-state index in [9.17, 15) is 0 Å². The predicted molar refractivity (Wildman–Crippen MR) is 79.6 cm³/mol. The van der Waals surface area contributed by atoms with Crippen molar-refractivity contribution >= 4 is 16.5 Å². The van der Waals surface area contributed by atoms with Crippen molar-refractivity contribution in [2.75, 3.05) is 25.0 Å². The van der Waals surface area contributed by atoms with Crippen molar-refractivity contribution in [2.45, 2.75) is 52.5 Å². The van der Waals surface area contributed by atoms with E-state index in [4.69, 9.17) is 4.98 Å². The summed E-state index contributed by atoms with van der Waals surface area (Å²) in [6, 6.07) is 0.729. The molecule has 1 aliphatic carbocycles. The van der Waals surface area contributed by atoms with E-state index in [1.54, 1.807) is 0 Å². The zero-order valence-electron chi connectivity index (χ0n) is 11.8. The van der Waals surface area contributed by atoms with Crippen LogP contribution in [0.2, 0.25) is 0 Å². The maximum absolute atomic E-state index is 4.72. The molecule has 1 atom stereocenters. The summed E-state index contributed by atoms with van der Waals surface area (Å²) in [6.45, 7) is 10.1. The van der Waals surface area contributed by atoms with Crippen LogP contribution in [-0.2, 0) is 12.8 Å². The third-order valence-corrected chi connectivity index (χ3v) is 4.85. The van der Waals surface area contributed by atoms with Crippen LogP contribution in [0.15, 0.2) is 0 Å². The quantitative estimate of drug-likeness (QED) is 0.858. The first-order valence-electron chi connectivity index (χ1n) is 7.24. The normalized spacial score (nSPS) is 19.0. The van der Waals surface area contributed by atoms with Crippen LogP contribution < -0.4 is 5.32 Å². The molecular formula is C14H25N3S. The topological polar surface area (TPSA) is 28.2 Å². The first-order valence-corrected chi connectivity index (χ1v) is 8.06. The highest BCUT2D eigenvalue weighted by atomic mass is 32.1. The van der Waals surface area contributed by atoms with Crippen LogP contribution in [0.1, 0.15) is 44.2 Å². The molecule has 1 N–H and O–H groups in total. The molecule has 3 nitrogen and oxygen atoms in total. The first kappa shape index (κ1) is 13.8. The Morgan fingerprint density at radius 1 is 1.33 bits per heavy atom. The fraction of sp³-hybridized carbons (Fsp3) is 0.786. The minimum Gasteiger partial charge on any atom is -0.362 e. The van der Waals surface area contributed by atoms with Crippen LogP contribution in [0.3, 0.4) is 0 Å². The fourth-order valence-corrected chi connectivity index (χ4v) is 3.82. The molecule has 0 aromatic carbocycles. The van der Waals surface area contributed by atoms with Crippen molar-refractivity contribution in [3.63, 3.8) is 0 Å². The third-order valence-electron chi connectivity index (χ3n) is 3.77. The summed E-state index contributed by atoms with van der Waals surface area (Å²) >= 11 is 1.87. The number of fused-ring (bicyclic) bond motifs is 1. The summed E-state index contributed by atoms with van der Waals surface area (Å²) in [5, 5.41) is 4.54. The number of hydrogen-bond acceptors (Lipinski definition) is 4. The molecular weight excluding hydrogens is 242 g/mol. The van der Waals surface area contributed by atoms with Gasteiger partial charge in [0.1, 0.15) is 0 Å². The maximum atomic E-state index is 4.72. The van der Waals surface area contributed by atoms with Gasteiger partial charge < -0.3 is 10.2 Å². The van der Waals surface area contributed by atoms with Crippen molar-refractivity contribution in [3.05, 3.63) is 10.6 Å². The number of aromatic nitrogens is 1. The number of likely N-dealkylation sites (N-methyl/N-ethyl adjacent to an activating group) is 1. The minimum atomic E-state index is 0.729. The Kier molecular flexibility index (Phi) is 5.01. The van der Waals surface area contributed by atoms with Crippen LogP contribution in [0.25, 0.3) is 0 Å². The van der Waals surface area contributed by atoms with Gasteiger partial charge in [0.25, 0.3) is 0 Å². The number of nitrogens with one attached hydrogen (secondary N) is 1. The molecule has 1 aromatic heterocycles. The molecule has 18 heavy (non-hydrogen) atoms. The van der Waals surface area contributed by atoms with E-state index in [1.807, 2.05) is 11.3 Å². The highest BCUT2D eigenvalue weighted by molar-refractivity contribution is 7.15. The first-order chi connectivity index (χ1) is 8.78. The summed E-state index contributed by atoms with van der Waals surface area (Å²) in [7, 11) is 0. The van der Waals surface area contributed by atoms with Crippen LogP contribution >= 0.6 is 11.3 Å². The van der Waals surface area contributed by atoms with E-state index in [0.29, 0.717) is 0 Å². The lowest BCUT2D eigenvalue weighted by Crippen LogP contribution is -2.38. The summed E-state index contributed by atoms with van der Waals surface area (Å²) in [5.41, 5.74) is 1.35. The number of aryl methyl sites for hydroxylation is 1. The Balaban J connectivity index is 2.02. The van der Waals surface area contributed by atoms with E-state index in [0.717, 1.165) is 43.6 Å². The van der Waals surface area contributed by atoms with E-state index < -0.39 is 0 Å². The second-order valence-electron chi connectivity index (χ2n) is 4.93. The number of anilines is 1. The molecule has 0 unspecified atom stereocenters. The van der Waals surface area contributed by atoms with E-state index in [1.165, 1.54) is 23.4 Å². The molecule has 102 valence electrons. The van der Waals surface area contributed by atoms with Gasteiger partial charge in [-0.15, -0.1) is 11.3 Å². The molecule has 2 rings (SSSR count). The van der Waals surface area contributed by atoms with Gasteiger partial charge in [0.15, 0.2) is 5.13 Å². The van der Waals surface area contributed by atoms with Crippen molar-refractivity contribution in [1.29, 1.82) is 0 Å². The Bertz CT molecular complexity index is 371. The van der Waals surface area contributed by atoms with Crippen LogP contribution in [-0.4, -0.2) is 35.6 Å². The standard InChI is InChI=1S/C14H25N3S/c1-4-9-15-14-16-12-8-7-11(10-13(12)18-14)17(5-2)6-3/h11H,4-10H2,1-3H3,(H,15,16)/t11-/m0/s1. The highest BCUT2D eigenvalue weighted by Crippen LogP contribution is 2.31. The lowest BCUT2D eigenvalue weighted by molar-refractivity contribution is 0.199. The third kappa shape index (κ3) is 3.04. The highest BCUT2D eigenvalue weighted by Gasteiger charge is 2.25. The number of rotatable bonds is 6. The Morgan fingerprint density at radius 3 is 2.78 bits per heavy atom. The van der Waals surface area contributed by atoms with E-state index in [-0.39, 0.29) is 0 Å². The van der Waals surface area contributed by atoms with Gasteiger partial charge in [0.2, 0.25) is 0 Å². The van der Waals surface area contributed by atoms with Crippen LogP contribution in [0.4, 0.5) is 5.13 Å². The van der Waals surface area contributed by atoms with Crippen molar-refractivity contribution in [3.8, 4) is 0 Å². The van der Waals surface area contributed by atoms with Gasteiger partial charge >= 0.3 is 0 Å². The molecule has 1 aliphatic rings. The average molecular weight is 267 g/mol. The Morgan fingerprint density at radius 2 is 2.11 bits per heavy atom. The van der Waals surface area contributed by atoms with E-state index >= 15 is 0 Å². The molecule has 0 spiro atoms. The molecule has 1 heterocycles. The zero-order chi connectivity index (χ0) is 13.0. The lowest BCUT2D eigenvalue weighted by atomic mass is 9.96. The molecule has 0 fully saturated rings. The molecule has 0 radical (unpaired) electrons. The number of hydrogen-bond donors (Lipinski definition) is 1. The van der Waals surface area contributed by atoms with Gasteiger partial charge in [-0.25, -0.2) is 4.98 Å². The second-order valence-corrected chi connectivity index (χ2v) is 6.02. The van der Waals surface area contributed by atoms with Gasteiger partial charge in [-0.2, -0.15) is 0 Å². The summed E-state index contributed by atoms with van der Waals surface area (Å²) in [5.74, 6) is 0. The van der Waals surface area contributed by atoms with Gasteiger partial charge in [-0.3, -0.25) is 0 Å². The smallest absolute Gasteiger partial charge is 0.183 e. The van der Waals surface area contributed by atoms with Gasteiger partial charge in [0, 0.05) is 17.5 Å². The van der Waals surface area contributed by atoms with Crippen molar-refractivity contribution in [2.24, 2.45) is 0 Å². The predicted octanol–water partition coefficient (Wildman–Crippen LogP) is 3.16. The van der Waals surface area contributed by atoms with E-state index in [2.05, 4.69) is 31.0 Å². The summed E-state index contributed by atoms with van der Waals surface area (Å²) in [4.78, 5) is 8.82. The SMILES string of the molecule is CCCNc1nc2c(s1)C[C@@H](N(CC)CC)CC2. The maximum Gasteiger partial charge on any atom is 0.183 e. The Hall–Kier alpha value is -0.610. The van der Waals surface area contributed by atoms with Gasteiger partial charge in [-0.1, -0.05) is 20.8 Å². The molecule has 0 amide bonds. The largest absolute Gasteiger partial charge is 0.362 e. The van der Waals surface area contributed by atoms with Crippen LogP contribution in [0.5, 0.6) is 0 Å².